The number of carboxylic acids is 1. The summed E-state index contributed by atoms with van der Waals surface area (Å²) < 4.78 is 0.132. The molecule has 6 heteroatoms. The van der Waals surface area contributed by atoms with Gasteiger partial charge in [-0.25, -0.2) is 4.79 Å². The van der Waals surface area contributed by atoms with Gasteiger partial charge >= 0.3 is 12.0 Å². The van der Waals surface area contributed by atoms with E-state index in [9.17, 15) is 14.7 Å². The topological polar surface area (TPSA) is 69.6 Å². The van der Waals surface area contributed by atoms with Crippen LogP contribution in [0.15, 0.2) is 23.1 Å². The summed E-state index contributed by atoms with van der Waals surface area (Å²) in [6, 6.07) is 5.78. The van der Waals surface area contributed by atoms with Crippen LogP contribution in [0.3, 0.4) is 0 Å². The Bertz CT molecular complexity index is 655. The standard InChI is InChI=1S/C19H28N2O3S/c1-12-8-14(17(22)23)11-21(10-12)18(24)20-16-7-6-15(9-13(16)2)25-19(3,4)5/h6-7,9,12,14H,8,10-11H2,1-5H3,(H,20,24)(H,22,23). The number of nitrogens with zero attached hydrogens (tertiary/aromatic N) is 1. The minimum Gasteiger partial charge on any atom is -0.481 e. The van der Waals surface area contributed by atoms with Gasteiger partial charge in [-0.3, -0.25) is 4.79 Å². The first-order chi connectivity index (χ1) is 11.5. The predicted molar refractivity (Wildman–Crippen MR) is 102 cm³/mol. The zero-order valence-corrected chi connectivity index (χ0v) is 16.4. The van der Waals surface area contributed by atoms with Crippen molar-refractivity contribution in [1.82, 2.24) is 4.90 Å². The third kappa shape index (κ3) is 5.66. The zero-order valence-electron chi connectivity index (χ0n) is 15.6. The number of benzene rings is 1. The third-order valence-electron chi connectivity index (χ3n) is 4.16. The second-order valence-electron chi connectivity index (χ2n) is 7.90. The van der Waals surface area contributed by atoms with E-state index in [1.165, 1.54) is 4.90 Å². The van der Waals surface area contributed by atoms with Crippen molar-refractivity contribution in [3.63, 3.8) is 0 Å². The van der Waals surface area contributed by atoms with Crippen LogP contribution in [0, 0.1) is 18.8 Å². The van der Waals surface area contributed by atoms with Crippen molar-refractivity contribution < 1.29 is 14.7 Å². The van der Waals surface area contributed by atoms with Crippen molar-refractivity contribution in [2.75, 3.05) is 18.4 Å². The first kappa shape index (κ1) is 19.6. The number of rotatable bonds is 3. The van der Waals surface area contributed by atoms with Crippen LogP contribution < -0.4 is 5.32 Å². The number of carbonyl (C=O) groups is 2. The molecule has 0 aliphatic carbocycles. The largest absolute Gasteiger partial charge is 0.481 e. The van der Waals surface area contributed by atoms with Crippen molar-refractivity contribution in [2.24, 2.45) is 11.8 Å². The van der Waals surface area contributed by atoms with Gasteiger partial charge in [0, 0.05) is 28.4 Å². The Balaban J connectivity index is 2.06. The molecule has 2 rings (SSSR count). The average molecular weight is 365 g/mol. The van der Waals surface area contributed by atoms with Crippen LogP contribution in [0.1, 0.15) is 39.7 Å². The fraction of sp³-hybridized carbons (Fsp3) is 0.579. The van der Waals surface area contributed by atoms with Crippen LogP contribution in [-0.2, 0) is 4.79 Å². The highest BCUT2D eigenvalue weighted by Crippen LogP contribution is 2.33. The zero-order chi connectivity index (χ0) is 18.8. The molecule has 1 aliphatic rings. The molecule has 0 aromatic heterocycles. The number of hydrogen-bond acceptors (Lipinski definition) is 3. The predicted octanol–water partition coefficient (Wildman–Crippen LogP) is 4.46. The normalized spacial score (nSPS) is 21.1. The van der Waals surface area contributed by atoms with Gasteiger partial charge < -0.3 is 15.3 Å². The Morgan fingerprint density at radius 2 is 1.96 bits per heavy atom. The molecule has 1 aromatic rings. The summed E-state index contributed by atoms with van der Waals surface area (Å²) >= 11 is 1.79. The number of piperidine rings is 1. The van der Waals surface area contributed by atoms with Gasteiger partial charge in [0.25, 0.3) is 0 Å². The van der Waals surface area contributed by atoms with Gasteiger partial charge in [0.2, 0.25) is 0 Å². The molecular weight excluding hydrogens is 336 g/mol. The maximum Gasteiger partial charge on any atom is 0.321 e. The van der Waals surface area contributed by atoms with Crippen molar-refractivity contribution in [3.8, 4) is 0 Å². The summed E-state index contributed by atoms with van der Waals surface area (Å²) in [5, 5.41) is 12.2. The Hall–Kier alpha value is -1.69. The van der Waals surface area contributed by atoms with Gasteiger partial charge in [-0.1, -0.05) is 27.7 Å². The molecule has 1 fully saturated rings. The van der Waals surface area contributed by atoms with Crippen LogP contribution in [0.25, 0.3) is 0 Å². The maximum absolute atomic E-state index is 12.6. The molecule has 2 N–H and O–H groups in total. The molecule has 2 atom stereocenters. The molecule has 1 heterocycles. The monoisotopic (exact) mass is 364 g/mol. The number of thioether (sulfide) groups is 1. The van der Waals surface area contributed by atoms with E-state index in [4.69, 9.17) is 0 Å². The quantitative estimate of drug-likeness (QED) is 0.777. The van der Waals surface area contributed by atoms with Crippen molar-refractivity contribution >= 4 is 29.4 Å². The molecule has 0 saturated carbocycles. The Morgan fingerprint density at radius 3 is 2.52 bits per heavy atom. The minimum atomic E-state index is -0.830. The first-order valence-corrected chi connectivity index (χ1v) is 9.45. The average Bonchev–Trinajstić information content (AvgIpc) is 2.47. The van der Waals surface area contributed by atoms with Crippen LogP contribution in [-0.4, -0.2) is 39.8 Å². The lowest BCUT2D eigenvalue weighted by Crippen LogP contribution is -2.47. The molecule has 0 radical (unpaired) electrons. The molecule has 25 heavy (non-hydrogen) atoms. The molecule has 0 bridgehead atoms. The number of likely N-dealkylation sites (tertiary alicyclic amines) is 1. The second-order valence-corrected chi connectivity index (χ2v) is 9.80. The summed E-state index contributed by atoms with van der Waals surface area (Å²) in [5.41, 5.74) is 1.77. The summed E-state index contributed by atoms with van der Waals surface area (Å²) in [6.45, 7) is 11.3. The highest BCUT2D eigenvalue weighted by Gasteiger charge is 2.32. The lowest BCUT2D eigenvalue weighted by Gasteiger charge is -2.34. The number of anilines is 1. The lowest BCUT2D eigenvalue weighted by atomic mass is 9.91. The Morgan fingerprint density at radius 1 is 1.28 bits per heavy atom. The molecule has 0 spiro atoms. The summed E-state index contributed by atoms with van der Waals surface area (Å²) in [5.74, 6) is -1.13. The molecule has 1 aromatic carbocycles. The van der Waals surface area contributed by atoms with Gasteiger partial charge in [-0.05, 0) is 43.0 Å². The van der Waals surface area contributed by atoms with Crippen molar-refractivity contribution in [2.45, 2.75) is 50.7 Å². The van der Waals surface area contributed by atoms with Gasteiger partial charge in [0.05, 0.1) is 5.92 Å². The van der Waals surface area contributed by atoms with Crippen LogP contribution >= 0.6 is 11.8 Å². The number of urea groups is 1. The highest BCUT2D eigenvalue weighted by molar-refractivity contribution is 8.00. The molecule has 2 unspecified atom stereocenters. The van der Waals surface area contributed by atoms with E-state index in [1.54, 1.807) is 16.7 Å². The van der Waals surface area contributed by atoms with Crippen molar-refractivity contribution in [3.05, 3.63) is 23.8 Å². The Kier molecular flexibility index (Phi) is 6.03. The summed E-state index contributed by atoms with van der Waals surface area (Å²) in [4.78, 5) is 26.6. The second kappa shape index (κ2) is 7.68. The number of nitrogens with one attached hydrogen (secondary N) is 1. The van der Waals surface area contributed by atoms with Gasteiger partial charge in [-0.15, -0.1) is 11.8 Å². The fourth-order valence-corrected chi connectivity index (χ4v) is 4.16. The van der Waals surface area contributed by atoms with E-state index >= 15 is 0 Å². The third-order valence-corrected chi connectivity index (χ3v) is 5.26. The van der Waals surface area contributed by atoms with E-state index in [-0.39, 0.29) is 23.2 Å². The maximum atomic E-state index is 12.6. The molecule has 1 aliphatic heterocycles. The number of carbonyl (C=O) groups excluding carboxylic acids is 1. The lowest BCUT2D eigenvalue weighted by molar-refractivity contribution is -0.143. The van der Waals surface area contributed by atoms with Gasteiger partial charge in [0.15, 0.2) is 0 Å². The van der Waals surface area contributed by atoms with E-state index < -0.39 is 11.9 Å². The molecular formula is C19H28N2O3S. The molecule has 5 nitrogen and oxygen atoms in total. The van der Waals surface area contributed by atoms with E-state index in [2.05, 4.69) is 32.2 Å². The van der Waals surface area contributed by atoms with E-state index in [0.717, 1.165) is 11.3 Å². The molecule has 138 valence electrons. The number of aryl methyl sites for hydroxylation is 1. The SMILES string of the molecule is Cc1cc(SC(C)(C)C)ccc1NC(=O)N1CC(C)CC(C(=O)O)C1. The highest BCUT2D eigenvalue weighted by atomic mass is 32.2. The fourth-order valence-electron chi connectivity index (χ4n) is 3.08. The van der Waals surface area contributed by atoms with Gasteiger partial charge in [0.1, 0.15) is 0 Å². The minimum absolute atomic E-state index is 0.132. The van der Waals surface area contributed by atoms with Crippen molar-refractivity contribution in [1.29, 1.82) is 0 Å². The van der Waals surface area contributed by atoms with Crippen LogP contribution in [0.2, 0.25) is 0 Å². The number of carboxylic acid groups (broad SMARTS) is 1. The van der Waals surface area contributed by atoms with E-state index in [1.807, 2.05) is 26.0 Å². The van der Waals surface area contributed by atoms with Crippen LogP contribution in [0.4, 0.5) is 10.5 Å². The number of aliphatic carboxylic acids is 1. The smallest absolute Gasteiger partial charge is 0.321 e. The van der Waals surface area contributed by atoms with Gasteiger partial charge in [-0.2, -0.15) is 0 Å². The molecule has 2 amide bonds. The number of amides is 2. The van der Waals surface area contributed by atoms with E-state index in [0.29, 0.717) is 13.0 Å². The Labute approximate surface area is 154 Å². The summed E-state index contributed by atoms with van der Waals surface area (Å²) in [7, 11) is 0. The summed E-state index contributed by atoms with van der Waals surface area (Å²) in [6.07, 6.45) is 0.622. The molecule has 1 saturated heterocycles. The van der Waals surface area contributed by atoms with Crippen LogP contribution in [0.5, 0.6) is 0 Å². The first-order valence-electron chi connectivity index (χ1n) is 8.63. The number of hydrogen-bond donors (Lipinski definition) is 2.